The van der Waals surface area contributed by atoms with Gasteiger partial charge in [0, 0.05) is 61.8 Å². The number of carbonyl (C=O) groups is 4. The van der Waals surface area contributed by atoms with Crippen LogP contribution in [-0.2, 0) is 58.3 Å². The summed E-state index contributed by atoms with van der Waals surface area (Å²) in [6.45, 7) is 10.7. The number of cyclic esters (lactones) is 1. The lowest BCUT2D eigenvalue weighted by atomic mass is 9.81. The van der Waals surface area contributed by atoms with Gasteiger partial charge >= 0.3 is 12.1 Å². The van der Waals surface area contributed by atoms with Crippen LogP contribution >= 0.6 is 0 Å². The number of alkyl carbamates (subject to hydrolysis) is 1. The van der Waals surface area contributed by atoms with Gasteiger partial charge in [-0.25, -0.2) is 14.2 Å². The summed E-state index contributed by atoms with van der Waals surface area (Å²) in [5.41, 5.74) is 9.00. The zero-order valence-electron chi connectivity index (χ0n) is 39.2. The fourth-order valence-electron chi connectivity index (χ4n) is 12.1. The number of phenolic OH excluding ortho intramolecular Hbond substituents is 2. The first-order valence-electron chi connectivity index (χ1n) is 24.2. The maximum atomic E-state index is 15.4. The number of hydrogen-bond donors (Lipinski definition) is 3. The SMILES string of the molecule is CCC1C(=O)OCc2c1cc1n(c2=O)Cc2c-1nc1cc(F)c(C)c3c1c2C(NC(=O)OCC(=O)N1CCC2CCN(Cc4ccc5c(c4)CN(C(=O)c4cc(C(C)C)c(O)cc4O)C5)CC21)CC3. The molecule has 4 atom stereocenters. The van der Waals surface area contributed by atoms with Crippen LogP contribution in [0.5, 0.6) is 11.5 Å². The van der Waals surface area contributed by atoms with Crippen molar-refractivity contribution in [3.63, 3.8) is 0 Å². The monoisotopic (exact) mass is 938 g/mol. The Morgan fingerprint density at radius 1 is 0.957 bits per heavy atom. The second kappa shape index (κ2) is 17.0. The minimum absolute atomic E-state index is 0.0255. The molecule has 6 aliphatic rings. The highest BCUT2D eigenvalue weighted by molar-refractivity contribution is 5.98. The van der Waals surface area contributed by atoms with Crippen LogP contribution in [0, 0.1) is 18.7 Å². The molecule has 11 rings (SSSR count). The molecule has 0 spiro atoms. The zero-order valence-corrected chi connectivity index (χ0v) is 39.2. The number of amides is 3. The number of rotatable bonds is 8. The number of aromatic nitrogens is 2. The Hall–Kier alpha value is -6.81. The molecule has 2 fully saturated rings. The van der Waals surface area contributed by atoms with Crippen LogP contribution in [0.3, 0.4) is 0 Å². The molecule has 2 saturated heterocycles. The number of nitrogens with zero attached hydrogens (tertiary/aromatic N) is 5. The van der Waals surface area contributed by atoms with Gasteiger partial charge in [0.2, 0.25) is 0 Å². The predicted octanol–water partition coefficient (Wildman–Crippen LogP) is 6.95. The first kappa shape index (κ1) is 44.7. The Labute approximate surface area is 397 Å². The molecule has 3 aromatic carbocycles. The van der Waals surface area contributed by atoms with E-state index < -0.39 is 24.7 Å². The number of ether oxygens (including phenoxy) is 2. The third kappa shape index (κ3) is 7.49. The molecule has 0 saturated carbocycles. The van der Waals surface area contributed by atoms with Gasteiger partial charge in [-0.15, -0.1) is 0 Å². The normalized spacial score (nSPS) is 21.2. The van der Waals surface area contributed by atoms with Crippen molar-refractivity contribution >= 4 is 34.8 Å². The van der Waals surface area contributed by atoms with Gasteiger partial charge in [-0.2, -0.15) is 0 Å². The lowest BCUT2D eigenvalue weighted by molar-refractivity contribution is -0.148. The van der Waals surface area contributed by atoms with E-state index in [0.717, 1.165) is 58.2 Å². The quantitative estimate of drug-likeness (QED) is 0.134. The van der Waals surface area contributed by atoms with Crippen molar-refractivity contribution in [2.75, 3.05) is 26.2 Å². The summed E-state index contributed by atoms with van der Waals surface area (Å²) in [4.78, 5) is 78.8. The van der Waals surface area contributed by atoms with Gasteiger partial charge < -0.3 is 39.4 Å². The molecule has 0 radical (unpaired) electrons. The van der Waals surface area contributed by atoms with Crippen molar-refractivity contribution in [1.29, 1.82) is 0 Å². The van der Waals surface area contributed by atoms with Crippen LogP contribution in [0.4, 0.5) is 9.18 Å². The van der Waals surface area contributed by atoms with Crippen molar-refractivity contribution < 1.29 is 43.3 Å². The van der Waals surface area contributed by atoms with Crippen molar-refractivity contribution in [2.24, 2.45) is 5.92 Å². The van der Waals surface area contributed by atoms with E-state index in [1.807, 2.05) is 31.7 Å². The molecule has 0 bridgehead atoms. The van der Waals surface area contributed by atoms with Gasteiger partial charge in [0.15, 0.2) is 6.61 Å². The molecule has 16 heteroatoms. The summed E-state index contributed by atoms with van der Waals surface area (Å²) >= 11 is 0. The van der Waals surface area contributed by atoms with E-state index in [4.69, 9.17) is 14.5 Å². The number of fused-ring (bicyclic) bond motifs is 7. The standard InChI is InChI=1S/C53H55FN6O9/c1-5-32-35-16-42-49-37(22-60(42)51(65)38(35)24-68-52(32)66)48-40(9-8-33-27(4)39(54)17-41(55-49)47(33)48)56-53(67)69-25-46(63)59-13-11-29-10-12-57(23-43(29)59)19-28-6-7-30-20-58(21-31(30)14-28)50(64)36-15-34(26(2)3)44(61)18-45(36)62/h6-7,14-18,26,29,32,40,43,61-62H,5,8-13,19-25H2,1-4H3,(H,56,67). The Morgan fingerprint density at radius 3 is 2.55 bits per heavy atom. The van der Waals surface area contributed by atoms with Crippen molar-refractivity contribution in [1.82, 2.24) is 29.6 Å². The highest BCUT2D eigenvalue weighted by atomic mass is 19.1. The number of likely N-dealkylation sites (tertiary alicyclic amines) is 2. The summed E-state index contributed by atoms with van der Waals surface area (Å²) in [6.07, 6.45) is 2.41. The lowest BCUT2D eigenvalue weighted by Crippen LogP contribution is -2.50. The van der Waals surface area contributed by atoms with E-state index in [1.54, 1.807) is 22.5 Å². The van der Waals surface area contributed by atoms with Crippen LogP contribution in [-0.4, -0.2) is 90.6 Å². The number of carbonyl (C=O) groups excluding carboxylic acids is 4. The molecular formula is C53H55FN6O9. The number of halogens is 1. The van der Waals surface area contributed by atoms with Gasteiger partial charge in [-0.05, 0) is 114 Å². The highest BCUT2D eigenvalue weighted by Crippen LogP contribution is 2.46. The number of pyridine rings is 2. The molecular weight excluding hydrogens is 884 g/mol. The third-order valence-electron chi connectivity index (χ3n) is 15.8. The summed E-state index contributed by atoms with van der Waals surface area (Å²) < 4.78 is 28.1. The Bertz CT molecular complexity index is 3110. The van der Waals surface area contributed by atoms with Gasteiger partial charge in [-0.3, -0.25) is 24.1 Å². The molecule has 358 valence electrons. The molecule has 7 heterocycles. The van der Waals surface area contributed by atoms with E-state index in [1.165, 1.54) is 12.1 Å². The minimum Gasteiger partial charge on any atom is -0.508 e. The predicted molar refractivity (Wildman–Crippen MR) is 251 cm³/mol. The van der Waals surface area contributed by atoms with E-state index in [9.17, 15) is 34.2 Å². The van der Waals surface area contributed by atoms with E-state index >= 15 is 4.39 Å². The molecule has 4 unspecified atom stereocenters. The summed E-state index contributed by atoms with van der Waals surface area (Å²) in [6, 6.07) is 11.7. The Morgan fingerprint density at radius 2 is 1.75 bits per heavy atom. The maximum Gasteiger partial charge on any atom is 0.408 e. The smallest absolute Gasteiger partial charge is 0.408 e. The minimum atomic E-state index is -0.753. The molecule has 15 nitrogen and oxygen atoms in total. The molecule has 5 aliphatic heterocycles. The number of nitrogens with one attached hydrogen (secondary N) is 1. The number of benzene rings is 3. The summed E-state index contributed by atoms with van der Waals surface area (Å²) in [5.74, 6) is -1.88. The second-order valence-electron chi connectivity index (χ2n) is 20.0. The van der Waals surface area contributed by atoms with E-state index in [0.29, 0.717) is 97.1 Å². The van der Waals surface area contributed by atoms with Crippen LogP contribution in [0.15, 0.2) is 47.3 Å². The fourth-order valence-corrected chi connectivity index (χ4v) is 12.1. The first-order valence-corrected chi connectivity index (χ1v) is 24.2. The lowest BCUT2D eigenvalue weighted by Gasteiger charge is -2.38. The largest absolute Gasteiger partial charge is 0.508 e. The molecule has 3 amide bonds. The number of hydrogen-bond acceptors (Lipinski definition) is 11. The number of aryl methyl sites for hydroxylation is 1. The topological polar surface area (TPSA) is 184 Å². The van der Waals surface area contributed by atoms with Crippen molar-refractivity contribution in [3.05, 3.63) is 120 Å². The fraction of sp³-hybridized carbons (Fsp3) is 0.434. The summed E-state index contributed by atoms with van der Waals surface area (Å²) in [7, 11) is 0. The molecule has 69 heavy (non-hydrogen) atoms. The average Bonchev–Trinajstić information content (AvgIpc) is 4.05. The molecule has 2 aromatic heterocycles. The molecule has 5 aromatic rings. The summed E-state index contributed by atoms with van der Waals surface area (Å²) in [5, 5.41) is 24.7. The number of esters is 1. The van der Waals surface area contributed by atoms with Crippen molar-refractivity contribution in [3.8, 4) is 22.9 Å². The van der Waals surface area contributed by atoms with Gasteiger partial charge in [0.25, 0.3) is 17.4 Å². The number of aromatic hydroxyl groups is 2. The second-order valence-corrected chi connectivity index (χ2v) is 20.0. The molecule has 1 aliphatic carbocycles. The van der Waals surface area contributed by atoms with Gasteiger partial charge in [-0.1, -0.05) is 39.0 Å². The number of phenols is 2. The Kier molecular flexibility index (Phi) is 11.0. The maximum absolute atomic E-state index is 15.4. The van der Waals surface area contributed by atoms with Gasteiger partial charge in [0.05, 0.1) is 46.5 Å². The van der Waals surface area contributed by atoms with Crippen molar-refractivity contribution in [2.45, 2.75) is 117 Å². The van der Waals surface area contributed by atoms with Crippen LogP contribution in [0.1, 0.15) is 130 Å². The molecule has 3 N–H and O–H groups in total. The highest BCUT2D eigenvalue weighted by Gasteiger charge is 2.42. The van der Waals surface area contributed by atoms with E-state index in [-0.39, 0.29) is 71.3 Å². The first-order chi connectivity index (χ1) is 33.2. The van der Waals surface area contributed by atoms with E-state index in [2.05, 4.69) is 28.4 Å². The van der Waals surface area contributed by atoms with Gasteiger partial charge in [0.1, 0.15) is 23.9 Å². The Balaban J connectivity index is 0.756. The van der Waals surface area contributed by atoms with Crippen LogP contribution < -0.4 is 10.9 Å². The van der Waals surface area contributed by atoms with Crippen LogP contribution in [0.25, 0.3) is 22.3 Å². The van der Waals surface area contributed by atoms with Crippen LogP contribution in [0.2, 0.25) is 0 Å². The average molecular weight is 939 g/mol. The zero-order chi connectivity index (χ0) is 48.2. The third-order valence-corrected chi connectivity index (χ3v) is 15.8. The number of piperidine rings is 1.